The van der Waals surface area contributed by atoms with Crippen molar-refractivity contribution in [3.63, 3.8) is 0 Å². The van der Waals surface area contributed by atoms with Gasteiger partial charge in [-0.15, -0.1) is 0 Å². The molecule has 0 N–H and O–H groups in total. The third-order valence-corrected chi connectivity index (χ3v) is 8.42. The molecule has 6 nitrogen and oxygen atoms in total. The Balaban J connectivity index is 1.39. The summed E-state index contributed by atoms with van der Waals surface area (Å²) in [4.78, 5) is 38.2. The van der Waals surface area contributed by atoms with Crippen LogP contribution < -0.4 is 0 Å². The van der Waals surface area contributed by atoms with E-state index in [1.54, 1.807) is 6.20 Å². The number of hydrogen-bond donors (Lipinski definition) is 0. The number of piperidine rings is 1. The van der Waals surface area contributed by atoms with E-state index in [0.29, 0.717) is 30.5 Å². The summed E-state index contributed by atoms with van der Waals surface area (Å²) in [6.45, 7) is 12.6. The molecule has 0 saturated carbocycles. The van der Waals surface area contributed by atoms with Gasteiger partial charge in [-0.3, -0.25) is 14.6 Å². The van der Waals surface area contributed by atoms with Crippen molar-refractivity contribution in [2.45, 2.75) is 40.0 Å². The van der Waals surface area contributed by atoms with Crippen LogP contribution in [0.15, 0.2) is 36.5 Å². The molecular weight excluding hydrogens is 412 g/mol. The number of aromatic nitrogens is 1. The van der Waals surface area contributed by atoms with Crippen molar-refractivity contribution in [1.29, 1.82) is 0 Å². The van der Waals surface area contributed by atoms with Gasteiger partial charge in [0.1, 0.15) is 0 Å². The summed E-state index contributed by atoms with van der Waals surface area (Å²) < 4.78 is 0. The smallest absolute Gasteiger partial charge is 0.256 e. The van der Waals surface area contributed by atoms with Crippen LogP contribution >= 0.6 is 0 Å². The monoisotopic (exact) mass is 448 g/mol. The molecule has 1 aromatic heterocycles. The van der Waals surface area contributed by atoms with Crippen LogP contribution in [0.5, 0.6) is 0 Å². The summed E-state index contributed by atoms with van der Waals surface area (Å²) in [6, 6.07) is 9.74. The summed E-state index contributed by atoms with van der Waals surface area (Å²) in [5, 5.41) is 0.993. The molecule has 3 saturated heterocycles. The van der Waals surface area contributed by atoms with Crippen LogP contribution in [0, 0.1) is 16.7 Å². The molecule has 2 spiro atoms. The minimum absolute atomic E-state index is 0.0311. The molecule has 3 aliphatic rings. The van der Waals surface area contributed by atoms with Crippen molar-refractivity contribution in [3.05, 3.63) is 42.1 Å². The Bertz CT molecular complexity index is 1050. The van der Waals surface area contributed by atoms with E-state index >= 15 is 0 Å². The quantitative estimate of drug-likeness (QED) is 0.716. The van der Waals surface area contributed by atoms with E-state index in [-0.39, 0.29) is 16.7 Å². The summed E-state index contributed by atoms with van der Waals surface area (Å²) in [6.07, 6.45) is 4.50. The van der Waals surface area contributed by atoms with E-state index in [1.807, 2.05) is 35.2 Å². The molecule has 3 aliphatic heterocycles. The van der Waals surface area contributed by atoms with Crippen LogP contribution in [0.1, 0.15) is 50.4 Å². The van der Waals surface area contributed by atoms with Crippen molar-refractivity contribution >= 4 is 22.7 Å². The van der Waals surface area contributed by atoms with Gasteiger partial charge in [-0.1, -0.05) is 32.0 Å². The molecule has 0 radical (unpaired) electrons. The van der Waals surface area contributed by atoms with Crippen molar-refractivity contribution in [3.8, 4) is 0 Å². The second kappa shape index (κ2) is 8.39. The molecule has 176 valence electrons. The molecule has 33 heavy (non-hydrogen) atoms. The SMILES string of the molecule is CCN1CCC2(CN(CC(C)C)CC23CCN(C(=O)c2cccc4cccnc24)CC3)C1=O. The van der Waals surface area contributed by atoms with Gasteiger partial charge in [0.05, 0.1) is 16.5 Å². The summed E-state index contributed by atoms with van der Waals surface area (Å²) in [5.41, 5.74) is 1.14. The predicted octanol–water partition coefficient (Wildman–Crippen LogP) is 3.67. The first-order chi connectivity index (χ1) is 15.9. The van der Waals surface area contributed by atoms with Gasteiger partial charge >= 0.3 is 0 Å². The standard InChI is InChI=1S/C27H36N4O2/c1-4-30-16-12-27(25(30)33)19-29(17-20(2)3)18-26(27)10-14-31(15-11-26)24(32)22-9-5-7-21-8-6-13-28-23(21)22/h5-9,13,20H,4,10-12,14-19H2,1-3H3. The maximum Gasteiger partial charge on any atom is 0.256 e. The normalized spacial score (nSPS) is 25.3. The van der Waals surface area contributed by atoms with E-state index in [1.165, 1.54) is 0 Å². The fraction of sp³-hybridized carbons (Fsp3) is 0.593. The average molecular weight is 449 g/mol. The van der Waals surface area contributed by atoms with Crippen molar-refractivity contribution in [2.24, 2.45) is 16.7 Å². The van der Waals surface area contributed by atoms with Gasteiger partial charge in [0.25, 0.3) is 5.91 Å². The zero-order valence-electron chi connectivity index (χ0n) is 20.2. The van der Waals surface area contributed by atoms with Crippen LogP contribution in [0.4, 0.5) is 0 Å². The van der Waals surface area contributed by atoms with Gasteiger partial charge < -0.3 is 14.7 Å². The van der Waals surface area contributed by atoms with Gasteiger partial charge in [-0.25, -0.2) is 0 Å². The number of carbonyl (C=O) groups is 2. The highest BCUT2D eigenvalue weighted by molar-refractivity contribution is 6.05. The second-order valence-electron chi connectivity index (χ2n) is 10.7. The molecule has 1 aromatic carbocycles. The molecule has 0 aliphatic carbocycles. The third-order valence-electron chi connectivity index (χ3n) is 8.42. The van der Waals surface area contributed by atoms with Crippen LogP contribution in [0.3, 0.4) is 0 Å². The summed E-state index contributed by atoms with van der Waals surface area (Å²) >= 11 is 0. The molecule has 6 heteroatoms. The number of pyridine rings is 1. The number of hydrogen-bond acceptors (Lipinski definition) is 4. The van der Waals surface area contributed by atoms with Gasteiger partial charge in [-0.05, 0) is 44.2 Å². The maximum atomic E-state index is 13.7. The largest absolute Gasteiger partial charge is 0.342 e. The number of para-hydroxylation sites is 1. The second-order valence-corrected chi connectivity index (χ2v) is 10.7. The minimum Gasteiger partial charge on any atom is -0.342 e. The Kier molecular flexibility index (Phi) is 5.68. The minimum atomic E-state index is -0.284. The van der Waals surface area contributed by atoms with E-state index in [4.69, 9.17) is 0 Å². The molecule has 2 aromatic rings. The molecule has 4 heterocycles. The number of rotatable bonds is 4. The van der Waals surface area contributed by atoms with Gasteiger partial charge in [0.2, 0.25) is 5.91 Å². The highest BCUT2D eigenvalue weighted by atomic mass is 16.2. The van der Waals surface area contributed by atoms with Gasteiger partial charge in [0, 0.05) is 62.8 Å². The van der Waals surface area contributed by atoms with Crippen LogP contribution in [0.25, 0.3) is 10.9 Å². The highest BCUT2D eigenvalue weighted by Gasteiger charge is 2.64. The van der Waals surface area contributed by atoms with Gasteiger partial charge in [-0.2, -0.15) is 0 Å². The van der Waals surface area contributed by atoms with E-state index in [9.17, 15) is 9.59 Å². The van der Waals surface area contributed by atoms with E-state index < -0.39 is 0 Å². The molecule has 5 rings (SSSR count). The Morgan fingerprint density at radius 2 is 1.82 bits per heavy atom. The van der Waals surface area contributed by atoms with Crippen molar-refractivity contribution in [1.82, 2.24) is 19.7 Å². The summed E-state index contributed by atoms with van der Waals surface area (Å²) in [7, 11) is 0. The Hall–Kier alpha value is -2.47. The average Bonchev–Trinajstić information content (AvgIpc) is 3.29. The predicted molar refractivity (Wildman–Crippen MR) is 130 cm³/mol. The number of nitrogens with zero attached hydrogens (tertiary/aromatic N) is 4. The lowest BCUT2D eigenvalue weighted by Crippen LogP contribution is -2.53. The Labute approximate surface area is 196 Å². The first-order valence-electron chi connectivity index (χ1n) is 12.5. The summed E-state index contributed by atoms with van der Waals surface area (Å²) in [5.74, 6) is 0.999. The zero-order chi connectivity index (χ0) is 23.2. The highest BCUT2D eigenvalue weighted by Crippen LogP contribution is 2.58. The molecule has 1 atom stereocenters. The van der Waals surface area contributed by atoms with E-state index in [0.717, 1.165) is 62.9 Å². The molecule has 1 unspecified atom stereocenters. The van der Waals surface area contributed by atoms with Crippen molar-refractivity contribution in [2.75, 3.05) is 45.8 Å². The topological polar surface area (TPSA) is 56.8 Å². The lowest BCUT2D eigenvalue weighted by atomic mass is 9.60. The van der Waals surface area contributed by atoms with Gasteiger partial charge in [0.15, 0.2) is 0 Å². The van der Waals surface area contributed by atoms with Crippen molar-refractivity contribution < 1.29 is 9.59 Å². The first kappa shape index (κ1) is 22.3. The lowest BCUT2D eigenvalue weighted by Gasteiger charge is -2.47. The number of likely N-dealkylation sites (tertiary alicyclic amines) is 3. The first-order valence-corrected chi connectivity index (χ1v) is 12.5. The molecular formula is C27H36N4O2. The molecule has 0 bridgehead atoms. The maximum absolute atomic E-state index is 13.7. The number of carbonyl (C=O) groups excluding carboxylic acids is 2. The number of amides is 2. The van der Waals surface area contributed by atoms with Crippen LogP contribution in [-0.4, -0.2) is 77.3 Å². The van der Waals surface area contributed by atoms with Crippen LogP contribution in [0.2, 0.25) is 0 Å². The Morgan fingerprint density at radius 3 is 2.52 bits per heavy atom. The number of fused-ring (bicyclic) bond motifs is 2. The fourth-order valence-electron chi connectivity index (χ4n) is 6.83. The number of benzene rings is 1. The fourth-order valence-corrected chi connectivity index (χ4v) is 6.83. The van der Waals surface area contributed by atoms with Crippen LogP contribution in [-0.2, 0) is 4.79 Å². The third kappa shape index (κ3) is 3.54. The van der Waals surface area contributed by atoms with E-state index in [2.05, 4.69) is 35.6 Å². The lowest BCUT2D eigenvalue weighted by molar-refractivity contribution is -0.141. The molecule has 2 amide bonds. The molecule has 3 fully saturated rings. The Morgan fingerprint density at radius 1 is 1.06 bits per heavy atom. The zero-order valence-corrected chi connectivity index (χ0v) is 20.2.